The van der Waals surface area contributed by atoms with Crippen LogP contribution in [0.15, 0.2) is 48.5 Å². The standard InChI is InChI=1S/C23H22F2O2/c1-16(15-22(26)20-10-11-20)14-19-6-4-17(5-7-19)2-3-18-8-12-21(13-9-18)27-23(24)25/h4-9,12-13,16,20,23H,10-11,14-15H2,1H3. The average molecular weight is 368 g/mol. The molecular formula is C23H22F2O2. The Kier molecular flexibility index (Phi) is 6.24. The number of alkyl halides is 2. The summed E-state index contributed by atoms with van der Waals surface area (Å²) in [4.78, 5) is 11.9. The van der Waals surface area contributed by atoms with E-state index in [9.17, 15) is 13.6 Å². The Balaban J connectivity index is 1.54. The van der Waals surface area contributed by atoms with Crippen molar-refractivity contribution in [2.45, 2.75) is 39.2 Å². The lowest BCUT2D eigenvalue weighted by molar-refractivity contribution is -0.121. The van der Waals surface area contributed by atoms with Crippen LogP contribution in [0.1, 0.15) is 42.9 Å². The third-order valence-electron chi connectivity index (χ3n) is 4.55. The molecule has 1 aliphatic rings. The van der Waals surface area contributed by atoms with Gasteiger partial charge >= 0.3 is 6.61 Å². The van der Waals surface area contributed by atoms with Crippen molar-refractivity contribution in [3.8, 4) is 17.6 Å². The van der Waals surface area contributed by atoms with Crippen molar-refractivity contribution in [2.75, 3.05) is 0 Å². The first-order valence-corrected chi connectivity index (χ1v) is 9.18. The Morgan fingerprint density at radius 2 is 1.59 bits per heavy atom. The Morgan fingerprint density at radius 1 is 1.04 bits per heavy atom. The van der Waals surface area contributed by atoms with Crippen LogP contribution in [0.3, 0.4) is 0 Å². The molecule has 140 valence electrons. The third-order valence-corrected chi connectivity index (χ3v) is 4.55. The highest BCUT2D eigenvalue weighted by atomic mass is 19.3. The Bertz CT molecular complexity index is 825. The number of carbonyl (C=O) groups is 1. The van der Waals surface area contributed by atoms with E-state index in [0.29, 0.717) is 24.0 Å². The topological polar surface area (TPSA) is 26.3 Å². The molecule has 0 spiro atoms. The number of hydrogen-bond donors (Lipinski definition) is 0. The summed E-state index contributed by atoms with van der Waals surface area (Å²) in [7, 11) is 0. The van der Waals surface area contributed by atoms with Gasteiger partial charge in [-0.2, -0.15) is 8.78 Å². The van der Waals surface area contributed by atoms with E-state index in [4.69, 9.17) is 0 Å². The fraction of sp³-hybridized carbons (Fsp3) is 0.348. The fourth-order valence-electron chi connectivity index (χ4n) is 2.98. The van der Waals surface area contributed by atoms with Crippen LogP contribution < -0.4 is 4.74 Å². The molecule has 1 saturated carbocycles. The number of ether oxygens (including phenoxy) is 1. The molecule has 27 heavy (non-hydrogen) atoms. The van der Waals surface area contributed by atoms with E-state index in [1.54, 1.807) is 12.1 Å². The molecule has 0 radical (unpaired) electrons. The van der Waals surface area contributed by atoms with Crippen molar-refractivity contribution < 1.29 is 18.3 Å². The number of halogens is 2. The summed E-state index contributed by atoms with van der Waals surface area (Å²) in [5.41, 5.74) is 2.81. The molecule has 0 aromatic heterocycles. The summed E-state index contributed by atoms with van der Waals surface area (Å²) in [6.45, 7) is -0.704. The normalized spacial score (nSPS) is 14.4. The molecule has 0 amide bonds. The molecule has 2 aromatic rings. The first kappa shape index (κ1) is 19.1. The first-order valence-electron chi connectivity index (χ1n) is 9.18. The molecule has 0 N–H and O–H groups in total. The molecule has 0 bridgehead atoms. The molecule has 0 heterocycles. The molecule has 4 heteroatoms. The second-order valence-electron chi connectivity index (χ2n) is 7.10. The van der Waals surface area contributed by atoms with E-state index >= 15 is 0 Å². The van der Waals surface area contributed by atoms with E-state index in [1.165, 1.54) is 17.7 Å². The highest BCUT2D eigenvalue weighted by molar-refractivity contribution is 5.83. The molecule has 0 aliphatic heterocycles. The summed E-state index contributed by atoms with van der Waals surface area (Å²) in [6, 6.07) is 14.3. The Labute approximate surface area is 158 Å². The van der Waals surface area contributed by atoms with Crippen LogP contribution in [0.5, 0.6) is 5.75 Å². The summed E-state index contributed by atoms with van der Waals surface area (Å²) in [6.07, 6.45) is 3.69. The van der Waals surface area contributed by atoms with Gasteiger partial charge in [0.15, 0.2) is 0 Å². The number of benzene rings is 2. The number of carbonyl (C=O) groups excluding carboxylic acids is 1. The highest BCUT2D eigenvalue weighted by Gasteiger charge is 2.29. The van der Waals surface area contributed by atoms with Crippen LogP contribution in [0.4, 0.5) is 8.78 Å². The lowest BCUT2D eigenvalue weighted by Crippen LogP contribution is -2.09. The zero-order valence-corrected chi connectivity index (χ0v) is 15.3. The predicted molar refractivity (Wildman–Crippen MR) is 101 cm³/mol. The quantitative estimate of drug-likeness (QED) is 0.625. The molecule has 1 unspecified atom stereocenters. The number of Topliss-reactive ketones (excluding diaryl/α,β-unsaturated/α-hetero) is 1. The van der Waals surface area contributed by atoms with Crippen LogP contribution in [0, 0.1) is 23.7 Å². The maximum Gasteiger partial charge on any atom is 0.387 e. The summed E-state index contributed by atoms with van der Waals surface area (Å²) < 4.78 is 28.6. The molecule has 3 rings (SSSR count). The molecule has 1 aliphatic carbocycles. The van der Waals surface area contributed by atoms with Crippen molar-refractivity contribution in [1.29, 1.82) is 0 Å². The van der Waals surface area contributed by atoms with Gasteiger partial charge in [0.05, 0.1) is 0 Å². The zero-order chi connectivity index (χ0) is 19.2. The SMILES string of the molecule is CC(CC(=O)C1CC1)Cc1ccc(C#Cc2ccc(OC(F)F)cc2)cc1. The second-order valence-corrected chi connectivity index (χ2v) is 7.10. The number of hydrogen-bond acceptors (Lipinski definition) is 2. The monoisotopic (exact) mass is 368 g/mol. The molecule has 1 atom stereocenters. The van der Waals surface area contributed by atoms with E-state index in [1.807, 2.05) is 24.3 Å². The zero-order valence-electron chi connectivity index (χ0n) is 15.3. The van der Waals surface area contributed by atoms with Crippen molar-refractivity contribution in [3.63, 3.8) is 0 Å². The Morgan fingerprint density at radius 3 is 2.11 bits per heavy atom. The van der Waals surface area contributed by atoms with Gasteiger partial charge in [-0.1, -0.05) is 30.9 Å². The van der Waals surface area contributed by atoms with Gasteiger partial charge in [0.1, 0.15) is 11.5 Å². The van der Waals surface area contributed by atoms with Crippen molar-refractivity contribution in [2.24, 2.45) is 11.8 Å². The molecule has 0 saturated heterocycles. The maximum absolute atomic E-state index is 12.1. The largest absolute Gasteiger partial charge is 0.435 e. The maximum atomic E-state index is 12.1. The molecular weight excluding hydrogens is 346 g/mol. The van der Waals surface area contributed by atoms with Gasteiger partial charge in [0, 0.05) is 23.5 Å². The number of rotatable bonds is 7. The molecule has 2 aromatic carbocycles. The van der Waals surface area contributed by atoms with E-state index in [0.717, 1.165) is 30.4 Å². The van der Waals surface area contributed by atoms with Gasteiger partial charge in [0.25, 0.3) is 0 Å². The van der Waals surface area contributed by atoms with Crippen molar-refractivity contribution >= 4 is 5.78 Å². The number of ketones is 1. The van der Waals surface area contributed by atoms with Gasteiger partial charge in [-0.15, -0.1) is 0 Å². The predicted octanol–water partition coefficient (Wildman–Crippen LogP) is 5.24. The van der Waals surface area contributed by atoms with Crippen LogP contribution in [-0.2, 0) is 11.2 Å². The minimum absolute atomic E-state index is 0.120. The minimum atomic E-state index is -2.82. The van der Waals surface area contributed by atoms with Gasteiger partial charge in [-0.25, -0.2) is 0 Å². The first-order chi connectivity index (χ1) is 13.0. The Hall–Kier alpha value is -2.67. The highest BCUT2D eigenvalue weighted by Crippen LogP contribution is 2.32. The van der Waals surface area contributed by atoms with Gasteiger partial charge < -0.3 is 4.74 Å². The van der Waals surface area contributed by atoms with Crippen molar-refractivity contribution in [3.05, 3.63) is 65.2 Å². The van der Waals surface area contributed by atoms with Gasteiger partial charge in [-0.05, 0) is 67.1 Å². The fourth-order valence-corrected chi connectivity index (χ4v) is 2.98. The van der Waals surface area contributed by atoms with Gasteiger partial charge in [0.2, 0.25) is 0 Å². The molecule has 2 nitrogen and oxygen atoms in total. The summed E-state index contributed by atoms with van der Waals surface area (Å²) >= 11 is 0. The van der Waals surface area contributed by atoms with Crippen LogP contribution in [-0.4, -0.2) is 12.4 Å². The second kappa shape index (κ2) is 8.81. The summed E-state index contributed by atoms with van der Waals surface area (Å²) in [5.74, 6) is 7.29. The van der Waals surface area contributed by atoms with E-state index in [2.05, 4.69) is 23.5 Å². The van der Waals surface area contributed by atoms with E-state index < -0.39 is 6.61 Å². The van der Waals surface area contributed by atoms with Gasteiger partial charge in [-0.3, -0.25) is 4.79 Å². The summed E-state index contributed by atoms with van der Waals surface area (Å²) in [5, 5.41) is 0. The lowest BCUT2D eigenvalue weighted by Gasteiger charge is -2.10. The third kappa shape index (κ3) is 6.21. The van der Waals surface area contributed by atoms with E-state index in [-0.39, 0.29) is 5.75 Å². The van der Waals surface area contributed by atoms with Crippen LogP contribution in [0.2, 0.25) is 0 Å². The minimum Gasteiger partial charge on any atom is -0.435 e. The van der Waals surface area contributed by atoms with Crippen molar-refractivity contribution in [1.82, 2.24) is 0 Å². The lowest BCUT2D eigenvalue weighted by atomic mass is 9.94. The average Bonchev–Trinajstić information content (AvgIpc) is 3.47. The smallest absolute Gasteiger partial charge is 0.387 e. The molecule has 1 fully saturated rings. The van der Waals surface area contributed by atoms with Crippen LogP contribution in [0.25, 0.3) is 0 Å². The van der Waals surface area contributed by atoms with Crippen LogP contribution >= 0.6 is 0 Å².